The van der Waals surface area contributed by atoms with Crippen molar-refractivity contribution in [2.75, 3.05) is 18.1 Å². The highest BCUT2D eigenvalue weighted by Crippen LogP contribution is 2.31. The zero-order valence-corrected chi connectivity index (χ0v) is 15.7. The number of aromatic nitrogens is 2. The second kappa shape index (κ2) is 7.72. The van der Waals surface area contributed by atoms with Gasteiger partial charge < -0.3 is 19.5 Å². The summed E-state index contributed by atoms with van der Waals surface area (Å²) in [5.74, 6) is 1.23. The second-order valence-corrected chi connectivity index (χ2v) is 6.59. The highest BCUT2D eigenvalue weighted by molar-refractivity contribution is 5.98. The van der Waals surface area contributed by atoms with E-state index in [0.717, 1.165) is 23.4 Å². The molecule has 28 heavy (non-hydrogen) atoms. The number of imidazole rings is 1. The largest absolute Gasteiger partial charge is 0.482 e. The second-order valence-electron chi connectivity index (χ2n) is 6.59. The SMILES string of the molecule is CCn1c(CNC(=O)CCN2C(=O)COc3ccccc32)nc2ccccc21. The number of nitrogens with zero attached hydrogens (tertiary/aromatic N) is 3. The van der Waals surface area contributed by atoms with Gasteiger partial charge in [0, 0.05) is 19.5 Å². The predicted molar refractivity (Wildman–Crippen MR) is 106 cm³/mol. The van der Waals surface area contributed by atoms with Crippen LogP contribution in [-0.4, -0.2) is 34.5 Å². The topological polar surface area (TPSA) is 76.5 Å². The fourth-order valence-corrected chi connectivity index (χ4v) is 3.49. The minimum absolute atomic E-state index is 0.000836. The van der Waals surface area contributed by atoms with Gasteiger partial charge in [0.15, 0.2) is 6.61 Å². The first-order chi connectivity index (χ1) is 13.7. The number of carbonyl (C=O) groups excluding carboxylic acids is 2. The highest BCUT2D eigenvalue weighted by Gasteiger charge is 2.25. The van der Waals surface area contributed by atoms with Gasteiger partial charge in [-0.1, -0.05) is 24.3 Å². The molecule has 0 saturated heterocycles. The molecule has 0 spiro atoms. The molecular weight excluding hydrogens is 356 g/mol. The number of hydrogen-bond acceptors (Lipinski definition) is 4. The summed E-state index contributed by atoms with van der Waals surface area (Å²) in [4.78, 5) is 30.8. The number of aryl methyl sites for hydroxylation is 1. The van der Waals surface area contributed by atoms with Crippen LogP contribution in [0, 0.1) is 0 Å². The molecule has 2 heterocycles. The Morgan fingerprint density at radius 1 is 1.18 bits per heavy atom. The lowest BCUT2D eigenvalue weighted by Gasteiger charge is -2.29. The number of carbonyl (C=O) groups is 2. The van der Waals surface area contributed by atoms with E-state index in [1.54, 1.807) is 4.90 Å². The number of ether oxygens (including phenoxy) is 1. The molecule has 1 aliphatic rings. The summed E-state index contributed by atoms with van der Waals surface area (Å²) < 4.78 is 7.52. The Kier molecular flexibility index (Phi) is 4.97. The zero-order chi connectivity index (χ0) is 19.5. The summed E-state index contributed by atoms with van der Waals surface area (Å²) in [6, 6.07) is 15.3. The Balaban J connectivity index is 1.39. The molecule has 0 saturated carbocycles. The Hall–Kier alpha value is -3.35. The van der Waals surface area contributed by atoms with E-state index in [9.17, 15) is 9.59 Å². The van der Waals surface area contributed by atoms with Gasteiger partial charge in [-0.25, -0.2) is 4.98 Å². The van der Waals surface area contributed by atoms with Crippen molar-refractivity contribution in [2.24, 2.45) is 0 Å². The summed E-state index contributed by atoms with van der Waals surface area (Å²) in [5.41, 5.74) is 2.69. The number of hydrogen-bond donors (Lipinski definition) is 1. The van der Waals surface area contributed by atoms with Gasteiger partial charge in [0.1, 0.15) is 11.6 Å². The summed E-state index contributed by atoms with van der Waals surface area (Å²) in [6.07, 6.45) is 0.215. The normalized spacial score (nSPS) is 13.3. The summed E-state index contributed by atoms with van der Waals surface area (Å²) in [7, 11) is 0. The van der Waals surface area contributed by atoms with E-state index in [0.29, 0.717) is 24.5 Å². The molecule has 7 heteroatoms. The number of anilines is 1. The van der Waals surface area contributed by atoms with Crippen LogP contribution in [0.5, 0.6) is 5.75 Å². The molecule has 1 aliphatic heterocycles. The van der Waals surface area contributed by atoms with Crippen LogP contribution in [0.15, 0.2) is 48.5 Å². The molecule has 0 atom stereocenters. The van der Waals surface area contributed by atoms with Crippen molar-refractivity contribution < 1.29 is 14.3 Å². The van der Waals surface area contributed by atoms with Crippen LogP contribution >= 0.6 is 0 Å². The molecule has 0 aliphatic carbocycles. The standard InChI is InChI=1S/C21H22N4O3/c1-2-24-16-8-4-3-7-15(16)23-19(24)13-22-20(26)11-12-25-17-9-5-6-10-18(17)28-14-21(25)27/h3-10H,2,11-14H2,1H3,(H,22,26). The Morgan fingerprint density at radius 3 is 2.82 bits per heavy atom. The van der Waals surface area contributed by atoms with E-state index in [1.165, 1.54) is 0 Å². The lowest BCUT2D eigenvalue weighted by molar-refractivity contribution is -0.122. The Morgan fingerprint density at radius 2 is 1.96 bits per heavy atom. The zero-order valence-electron chi connectivity index (χ0n) is 15.7. The fourth-order valence-electron chi connectivity index (χ4n) is 3.49. The number of amides is 2. The van der Waals surface area contributed by atoms with E-state index in [2.05, 4.69) is 21.8 Å². The molecule has 0 unspecified atom stereocenters. The Labute approximate surface area is 162 Å². The number of rotatable bonds is 6. The van der Waals surface area contributed by atoms with Gasteiger partial charge in [-0.15, -0.1) is 0 Å². The van der Waals surface area contributed by atoms with Crippen LogP contribution in [0.2, 0.25) is 0 Å². The average Bonchev–Trinajstić information content (AvgIpc) is 3.09. The van der Waals surface area contributed by atoms with Crippen LogP contribution < -0.4 is 15.0 Å². The van der Waals surface area contributed by atoms with Gasteiger partial charge in [-0.2, -0.15) is 0 Å². The van der Waals surface area contributed by atoms with Crippen LogP contribution in [0.1, 0.15) is 19.2 Å². The maximum atomic E-state index is 12.4. The third kappa shape index (κ3) is 3.43. The van der Waals surface area contributed by atoms with Gasteiger partial charge in [-0.3, -0.25) is 9.59 Å². The van der Waals surface area contributed by atoms with Crippen LogP contribution in [-0.2, 0) is 22.7 Å². The summed E-state index contributed by atoms with van der Waals surface area (Å²) in [5, 5.41) is 2.92. The van der Waals surface area contributed by atoms with Crippen molar-refractivity contribution >= 4 is 28.5 Å². The molecule has 0 radical (unpaired) electrons. The molecule has 4 rings (SSSR count). The van der Waals surface area contributed by atoms with Crippen LogP contribution in [0.3, 0.4) is 0 Å². The maximum Gasteiger partial charge on any atom is 0.265 e. The first kappa shape index (κ1) is 18.0. The summed E-state index contributed by atoms with van der Waals surface area (Å²) in [6.45, 7) is 3.51. The third-order valence-corrected chi connectivity index (χ3v) is 4.86. The van der Waals surface area contributed by atoms with Crippen molar-refractivity contribution in [3.8, 4) is 5.75 Å². The van der Waals surface area contributed by atoms with Gasteiger partial charge >= 0.3 is 0 Å². The van der Waals surface area contributed by atoms with Crippen molar-refractivity contribution in [2.45, 2.75) is 26.4 Å². The molecule has 0 fully saturated rings. The van der Waals surface area contributed by atoms with Gasteiger partial charge in [0.05, 0.1) is 23.3 Å². The average molecular weight is 378 g/mol. The molecule has 3 aromatic rings. The van der Waals surface area contributed by atoms with E-state index < -0.39 is 0 Å². The molecule has 2 amide bonds. The monoisotopic (exact) mass is 378 g/mol. The molecular formula is C21H22N4O3. The third-order valence-electron chi connectivity index (χ3n) is 4.86. The first-order valence-electron chi connectivity index (χ1n) is 9.40. The number of nitrogens with one attached hydrogen (secondary N) is 1. The van der Waals surface area contributed by atoms with E-state index in [1.807, 2.05) is 48.5 Å². The van der Waals surface area contributed by atoms with Crippen LogP contribution in [0.4, 0.5) is 5.69 Å². The number of benzene rings is 2. The van der Waals surface area contributed by atoms with Crippen molar-refractivity contribution in [1.29, 1.82) is 0 Å². The highest BCUT2D eigenvalue weighted by atomic mass is 16.5. The van der Waals surface area contributed by atoms with Gasteiger partial charge in [0.2, 0.25) is 5.91 Å². The molecule has 0 bridgehead atoms. The lowest BCUT2D eigenvalue weighted by Crippen LogP contribution is -2.41. The van der Waals surface area contributed by atoms with E-state index >= 15 is 0 Å². The molecule has 144 valence electrons. The summed E-state index contributed by atoms with van der Waals surface area (Å²) >= 11 is 0. The molecule has 7 nitrogen and oxygen atoms in total. The molecule has 1 N–H and O–H groups in total. The number of fused-ring (bicyclic) bond motifs is 2. The minimum atomic E-state index is -0.140. The predicted octanol–water partition coefficient (Wildman–Crippen LogP) is 2.49. The van der Waals surface area contributed by atoms with Crippen molar-refractivity contribution in [3.05, 3.63) is 54.4 Å². The lowest BCUT2D eigenvalue weighted by atomic mass is 10.2. The van der Waals surface area contributed by atoms with Crippen molar-refractivity contribution in [1.82, 2.24) is 14.9 Å². The minimum Gasteiger partial charge on any atom is -0.482 e. The van der Waals surface area contributed by atoms with Gasteiger partial charge in [-0.05, 0) is 31.2 Å². The fraction of sp³-hybridized carbons (Fsp3) is 0.286. The molecule has 1 aromatic heterocycles. The van der Waals surface area contributed by atoms with Gasteiger partial charge in [0.25, 0.3) is 5.91 Å². The Bertz CT molecular complexity index is 1030. The maximum absolute atomic E-state index is 12.4. The smallest absolute Gasteiger partial charge is 0.265 e. The van der Waals surface area contributed by atoms with E-state index in [4.69, 9.17) is 4.74 Å². The quantitative estimate of drug-likeness (QED) is 0.715. The first-order valence-corrected chi connectivity index (χ1v) is 9.40. The van der Waals surface area contributed by atoms with Crippen LogP contribution in [0.25, 0.3) is 11.0 Å². The number of para-hydroxylation sites is 4. The van der Waals surface area contributed by atoms with E-state index in [-0.39, 0.29) is 24.8 Å². The molecule has 2 aromatic carbocycles. The van der Waals surface area contributed by atoms with Crippen molar-refractivity contribution in [3.63, 3.8) is 0 Å².